The number of aliphatic carboxylic acids is 3. The number of carbonyl (C=O) groups is 11. The molecule has 5 rings (SSSR count). The minimum atomic E-state index is -1.78. The molecule has 31 nitrogen and oxygen atoms in total. The minimum Gasteiger partial charge on any atom is -0.508 e. The lowest BCUT2D eigenvalue weighted by atomic mass is 9.99. The summed E-state index contributed by atoms with van der Waals surface area (Å²) in [6, 6.07) is 6.24. The van der Waals surface area contributed by atoms with E-state index in [0.29, 0.717) is 38.5 Å². The number of nitrogens with one attached hydrogen (secondary N) is 10. The number of carboxylic acid groups (broad SMARTS) is 3. The molecule has 0 fully saturated rings. The molecule has 3 aromatic carbocycles. The summed E-state index contributed by atoms with van der Waals surface area (Å²) in [6.45, 7) is -2.96. The van der Waals surface area contributed by atoms with Crippen LogP contribution in [0.15, 0.2) is 90.2 Å². The molecule has 0 aliphatic carbocycles. The summed E-state index contributed by atoms with van der Waals surface area (Å²) in [7, 11) is 0. The normalized spacial score (nSPS) is 13.8. The number of phenols is 1. The van der Waals surface area contributed by atoms with Crippen molar-refractivity contribution < 1.29 is 83.4 Å². The van der Waals surface area contributed by atoms with Crippen LogP contribution in [0.2, 0.25) is 0 Å². The summed E-state index contributed by atoms with van der Waals surface area (Å²) < 4.78 is 0. The molecule has 0 saturated heterocycles. The van der Waals surface area contributed by atoms with Crippen molar-refractivity contribution in [3.05, 3.63) is 102 Å². The number of para-hydroxylation sites is 2. The Morgan fingerprint density at radius 2 is 0.884 bits per heavy atom. The van der Waals surface area contributed by atoms with Crippen molar-refractivity contribution in [3.63, 3.8) is 0 Å². The van der Waals surface area contributed by atoms with Crippen molar-refractivity contribution in [1.29, 1.82) is 0 Å². The molecule has 8 atom stereocenters. The number of fused-ring (bicyclic) bond motifs is 2. The molecule has 0 radical (unpaired) electrons. The number of aliphatic imine (C=N–C) groups is 1. The molecule has 22 N–H and O–H groups in total. The van der Waals surface area contributed by atoms with Gasteiger partial charge < -0.3 is 100 Å². The number of rotatable bonds is 35. The molecule has 86 heavy (non-hydrogen) atoms. The Balaban J connectivity index is 1.52. The fraction of sp³-hybridized carbons (Fsp3) is 0.382. The molecular weight excluding hydrogens is 1130 g/mol. The number of nitrogens with two attached hydrogens (primary N) is 3. The Hall–Kier alpha value is -10.1. The van der Waals surface area contributed by atoms with Crippen LogP contribution in [0, 0.1) is 0 Å². The average molecular weight is 1200 g/mol. The summed E-state index contributed by atoms with van der Waals surface area (Å²) in [5.41, 5.74) is 19.3. The van der Waals surface area contributed by atoms with Crippen LogP contribution in [-0.2, 0) is 72.0 Å². The lowest BCUT2D eigenvalue weighted by Crippen LogP contribution is -2.61. The SMILES string of the molecule is NC(N)=NCCC[C@H](NC(=O)[C@H](Cc1ccc(O)cc1)NC(=O)[C@H](Cc1c[nH]c2ccccc12)NC(=O)[C@H](Cc1c[nH]c2ccccc12)NC(=O)[C@H](CCC(=O)O)NC(=O)[C@H](CO)NC(=O)[C@@H](N)CCC(=O)O)C(=O)N[C@@H](CO)C(=O)NCC(=O)O. The second kappa shape index (κ2) is 32.6. The highest BCUT2D eigenvalue weighted by molar-refractivity contribution is 5.99. The van der Waals surface area contributed by atoms with Crippen LogP contribution >= 0.6 is 0 Å². The average Bonchev–Trinajstić information content (AvgIpc) is 2.76. The van der Waals surface area contributed by atoms with Gasteiger partial charge >= 0.3 is 17.9 Å². The van der Waals surface area contributed by atoms with E-state index in [2.05, 4.69) is 52.2 Å². The zero-order valence-corrected chi connectivity index (χ0v) is 46.2. The highest BCUT2D eigenvalue weighted by atomic mass is 16.4. The van der Waals surface area contributed by atoms with Crippen LogP contribution in [0.4, 0.5) is 0 Å². The van der Waals surface area contributed by atoms with Crippen molar-refractivity contribution in [2.24, 2.45) is 22.2 Å². The quantitative estimate of drug-likeness (QED) is 0.0105. The predicted octanol–water partition coefficient (Wildman–Crippen LogP) is -3.93. The maximum absolute atomic E-state index is 15.1. The summed E-state index contributed by atoms with van der Waals surface area (Å²) in [4.78, 5) is 157. The number of benzene rings is 3. The second-order valence-corrected chi connectivity index (χ2v) is 19.8. The van der Waals surface area contributed by atoms with E-state index in [-0.39, 0.29) is 56.8 Å². The molecule has 8 amide bonds. The van der Waals surface area contributed by atoms with E-state index < -0.39 is 153 Å². The van der Waals surface area contributed by atoms with E-state index in [1.165, 1.54) is 24.3 Å². The van der Waals surface area contributed by atoms with Gasteiger partial charge in [0.25, 0.3) is 0 Å². The van der Waals surface area contributed by atoms with Crippen molar-refractivity contribution in [2.75, 3.05) is 26.3 Å². The fourth-order valence-corrected chi connectivity index (χ4v) is 8.84. The number of aromatic amines is 2. The van der Waals surface area contributed by atoms with Gasteiger partial charge in [-0.3, -0.25) is 57.7 Å². The summed E-state index contributed by atoms with van der Waals surface area (Å²) in [5.74, 6) is -13.0. The molecule has 31 heteroatoms. The van der Waals surface area contributed by atoms with E-state index in [1.807, 2.05) is 5.32 Å². The van der Waals surface area contributed by atoms with E-state index >= 15 is 9.59 Å². The van der Waals surface area contributed by atoms with Gasteiger partial charge in [-0.15, -0.1) is 0 Å². The van der Waals surface area contributed by atoms with Crippen LogP contribution in [-0.4, -0.2) is 186 Å². The van der Waals surface area contributed by atoms with E-state index in [1.54, 1.807) is 60.9 Å². The van der Waals surface area contributed by atoms with Gasteiger partial charge in [-0.25, -0.2) is 0 Å². The number of amides is 8. The van der Waals surface area contributed by atoms with Gasteiger partial charge in [0, 0.05) is 72.8 Å². The molecular formula is C55H70N14O17. The Kier molecular flexibility index (Phi) is 25.3. The largest absolute Gasteiger partial charge is 0.508 e. The van der Waals surface area contributed by atoms with Gasteiger partial charge in [0.1, 0.15) is 54.6 Å². The lowest BCUT2D eigenvalue weighted by Gasteiger charge is -2.28. The van der Waals surface area contributed by atoms with Crippen molar-refractivity contribution >= 4 is 92.9 Å². The number of hydrogen-bond donors (Lipinski definition) is 19. The van der Waals surface area contributed by atoms with Gasteiger partial charge in [0.15, 0.2) is 5.96 Å². The Bertz CT molecular complexity index is 3250. The smallest absolute Gasteiger partial charge is 0.322 e. The summed E-state index contributed by atoms with van der Waals surface area (Å²) in [5, 5.41) is 78.5. The number of guanidine groups is 1. The maximum atomic E-state index is 15.1. The summed E-state index contributed by atoms with van der Waals surface area (Å²) >= 11 is 0. The van der Waals surface area contributed by atoms with E-state index in [9.17, 15) is 63.6 Å². The molecule has 0 aliphatic heterocycles. The molecule has 0 saturated carbocycles. The fourth-order valence-electron chi connectivity index (χ4n) is 8.84. The summed E-state index contributed by atoms with van der Waals surface area (Å²) in [6.07, 6.45) is -0.142. The number of aromatic hydroxyl groups is 1. The third kappa shape index (κ3) is 20.6. The van der Waals surface area contributed by atoms with Gasteiger partial charge in [-0.05, 0) is 66.6 Å². The first-order valence-corrected chi connectivity index (χ1v) is 26.9. The lowest BCUT2D eigenvalue weighted by molar-refractivity contribution is -0.139. The maximum Gasteiger partial charge on any atom is 0.322 e. The van der Waals surface area contributed by atoms with E-state index in [0.717, 1.165) is 0 Å². The highest BCUT2D eigenvalue weighted by Crippen LogP contribution is 2.22. The van der Waals surface area contributed by atoms with Gasteiger partial charge in [-0.1, -0.05) is 48.5 Å². The Morgan fingerprint density at radius 3 is 1.36 bits per heavy atom. The van der Waals surface area contributed by atoms with Crippen molar-refractivity contribution in [2.45, 2.75) is 106 Å². The van der Waals surface area contributed by atoms with Crippen molar-refractivity contribution in [3.8, 4) is 5.75 Å². The van der Waals surface area contributed by atoms with Gasteiger partial charge in [-0.2, -0.15) is 0 Å². The number of hydrogen-bond acceptors (Lipinski definition) is 16. The van der Waals surface area contributed by atoms with Gasteiger partial charge in [0.2, 0.25) is 47.3 Å². The minimum absolute atomic E-state index is 0.0378. The third-order valence-corrected chi connectivity index (χ3v) is 13.4. The number of aliphatic hydroxyl groups excluding tert-OH is 2. The number of carbonyl (C=O) groups excluding carboxylic acids is 8. The number of H-pyrrole nitrogens is 2. The standard InChI is InChI=1S/C55H70N14O17/c56-34(15-17-44(73)74)47(79)68-43(27-71)54(86)64-38(16-18-45(75)76)50(82)66-40(21-29-23-60-35-8-3-1-6-32(29)35)53(85)67-41(22-30-24-61-36-9-4-2-7-33(30)36)52(84)65-39(20-28-11-13-31(72)14-12-28)51(83)63-37(10-5-19-59-55(57)58)49(81)69-42(26-70)48(80)62-25-46(77)78/h1-4,6-9,11-14,23-24,34,37-43,60-61,70-72H,5,10,15-22,25-27,56H2,(H,62,80)(H,63,83)(H,64,86)(H,65,84)(H,66,82)(H,67,85)(H,68,79)(H,69,81)(H,73,74)(H,75,76)(H,77,78)(H4,57,58,59)/t34-,37-,38-,39-,40-,41-,42-,43-/m0/s1. The first kappa shape index (κ1) is 66.7. The zero-order chi connectivity index (χ0) is 63.0. The third-order valence-electron chi connectivity index (χ3n) is 13.4. The molecule has 2 aromatic heterocycles. The highest BCUT2D eigenvalue weighted by Gasteiger charge is 2.36. The second-order valence-electron chi connectivity index (χ2n) is 19.8. The number of nitrogens with zero attached hydrogens (tertiary/aromatic N) is 1. The Labute approximate surface area is 489 Å². The van der Waals surface area contributed by atoms with Crippen molar-refractivity contribution in [1.82, 2.24) is 52.5 Å². The van der Waals surface area contributed by atoms with Crippen LogP contribution in [0.3, 0.4) is 0 Å². The molecule has 462 valence electrons. The molecule has 0 aliphatic rings. The molecule has 2 heterocycles. The topological polar surface area (TPSA) is 527 Å². The van der Waals surface area contributed by atoms with Crippen LogP contribution < -0.4 is 59.7 Å². The number of aromatic nitrogens is 2. The zero-order valence-electron chi connectivity index (χ0n) is 46.2. The van der Waals surface area contributed by atoms with E-state index in [4.69, 9.17) is 27.4 Å². The predicted molar refractivity (Wildman–Crippen MR) is 306 cm³/mol. The number of phenolic OH excluding ortho intramolecular Hbond substituents is 1. The monoisotopic (exact) mass is 1200 g/mol. The van der Waals surface area contributed by atoms with Gasteiger partial charge in [0.05, 0.1) is 19.3 Å². The molecule has 0 bridgehead atoms. The van der Waals surface area contributed by atoms with Crippen LogP contribution in [0.5, 0.6) is 5.75 Å². The number of aliphatic hydroxyl groups is 2. The molecule has 0 unspecified atom stereocenters. The molecule has 0 spiro atoms. The first-order chi connectivity index (χ1) is 41.0. The van der Waals surface area contributed by atoms with Crippen LogP contribution in [0.25, 0.3) is 21.8 Å². The Morgan fingerprint density at radius 1 is 0.477 bits per heavy atom. The van der Waals surface area contributed by atoms with Crippen LogP contribution in [0.1, 0.15) is 55.2 Å². The number of carboxylic acids is 3. The molecule has 5 aromatic rings. The first-order valence-electron chi connectivity index (χ1n) is 26.9.